The molecule has 1 heterocycles. The SMILES string of the molecule is CC(C)c1cc(C(=O)NCC(O)C(C)(C)C)nn1C. The van der Waals surface area contributed by atoms with Crippen molar-refractivity contribution in [2.24, 2.45) is 12.5 Å². The van der Waals surface area contributed by atoms with Gasteiger partial charge in [-0.15, -0.1) is 0 Å². The fraction of sp³-hybridized carbons (Fsp3) is 0.714. The third-order valence-electron chi connectivity index (χ3n) is 3.20. The third-order valence-corrected chi connectivity index (χ3v) is 3.20. The lowest BCUT2D eigenvalue weighted by atomic mass is 9.89. The van der Waals surface area contributed by atoms with Crippen molar-refractivity contribution in [1.82, 2.24) is 15.1 Å². The second-order valence-corrected chi connectivity index (χ2v) is 6.32. The second kappa shape index (κ2) is 5.74. The Hall–Kier alpha value is -1.36. The van der Waals surface area contributed by atoms with E-state index < -0.39 is 6.10 Å². The maximum atomic E-state index is 12.0. The largest absolute Gasteiger partial charge is 0.391 e. The van der Waals surface area contributed by atoms with Crippen molar-refractivity contribution in [3.63, 3.8) is 0 Å². The first kappa shape index (κ1) is 15.7. The molecule has 2 N–H and O–H groups in total. The Morgan fingerprint density at radius 3 is 2.47 bits per heavy atom. The van der Waals surface area contributed by atoms with Crippen molar-refractivity contribution in [3.05, 3.63) is 17.5 Å². The Morgan fingerprint density at radius 2 is 2.05 bits per heavy atom. The molecule has 0 aliphatic rings. The molecule has 108 valence electrons. The number of aliphatic hydroxyl groups is 1. The van der Waals surface area contributed by atoms with Gasteiger partial charge in [-0.05, 0) is 17.4 Å². The molecule has 19 heavy (non-hydrogen) atoms. The number of hydrogen-bond donors (Lipinski definition) is 2. The highest BCUT2D eigenvalue weighted by atomic mass is 16.3. The van der Waals surface area contributed by atoms with Crippen molar-refractivity contribution in [2.75, 3.05) is 6.54 Å². The number of aromatic nitrogens is 2. The lowest BCUT2D eigenvalue weighted by Gasteiger charge is -2.25. The average molecular weight is 267 g/mol. The van der Waals surface area contributed by atoms with Crippen LogP contribution in [-0.4, -0.2) is 33.4 Å². The average Bonchev–Trinajstić information content (AvgIpc) is 2.66. The molecular formula is C14H25N3O2. The summed E-state index contributed by atoms with van der Waals surface area (Å²) < 4.78 is 1.72. The summed E-state index contributed by atoms with van der Waals surface area (Å²) in [5.74, 6) is 0.0741. The van der Waals surface area contributed by atoms with E-state index in [2.05, 4.69) is 24.3 Å². The molecule has 0 fully saturated rings. The first-order valence-electron chi connectivity index (χ1n) is 6.63. The van der Waals surface area contributed by atoms with E-state index in [-0.39, 0.29) is 17.9 Å². The van der Waals surface area contributed by atoms with Crippen molar-refractivity contribution in [2.45, 2.75) is 46.6 Å². The van der Waals surface area contributed by atoms with Gasteiger partial charge in [-0.3, -0.25) is 9.48 Å². The van der Waals surface area contributed by atoms with Gasteiger partial charge in [0.05, 0.1) is 6.10 Å². The van der Waals surface area contributed by atoms with Gasteiger partial charge in [-0.1, -0.05) is 34.6 Å². The number of carbonyl (C=O) groups excluding carboxylic acids is 1. The molecule has 0 aliphatic carbocycles. The standard InChI is InChI=1S/C14H25N3O2/c1-9(2)11-7-10(16-17(11)6)13(19)15-8-12(18)14(3,4)5/h7,9,12,18H,8H2,1-6H3,(H,15,19). The first-order valence-corrected chi connectivity index (χ1v) is 6.63. The van der Waals surface area contributed by atoms with Gasteiger partial charge in [0.2, 0.25) is 0 Å². The minimum absolute atomic E-state index is 0.232. The van der Waals surface area contributed by atoms with Crippen molar-refractivity contribution < 1.29 is 9.90 Å². The fourth-order valence-electron chi connectivity index (χ4n) is 1.72. The summed E-state index contributed by atoms with van der Waals surface area (Å²) in [7, 11) is 1.83. The summed E-state index contributed by atoms with van der Waals surface area (Å²) in [4.78, 5) is 12.0. The minimum atomic E-state index is -0.579. The summed E-state index contributed by atoms with van der Waals surface area (Å²) in [6.45, 7) is 10.1. The number of rotatable bonds is 4. The van der Waals surface area contributed by atoms with E-state index >= 15 is 0 Å². The van der Waals surface area contributed by atoms with E-state index in [4.69, 9.17) is 0 Å². The highest BCUT2D eigenvalue weighted by Gasteiger charge is 2.23. The summed E-state index contributed by atoms with van der Waals surface area (Å²) in [5.41, 5.74) is 1.16. The number of amides is 1. The molecule has 0 aromatic carbocycles. The first-order chi connectivity index (χ1) is 8.62. The molecule has 1 unspecified atom stereocenters. The molecule has 5 nitrogen and oxygen atoms in total. The highest BCUT2D eigenvalue weighted by Crippen LogP contribution is 2.18. The number of hydrogen-bond acceptors (Lipinski definition) is 3. The molecular weight excluding hydrogens is 242 g/mol. The maximum absolute atomic E-state index is 12.0. The van der Waals surface area contributed by atoms with Crippen LogP contribution in [0.3, 0.4) is 0 Å². The zero-order chi connectivity index (χ0) is 14.8. The summed E-state index contributed by atoms with van der Waals surface area (Å²) in [5, 5.41) is 16.8. The van der Waals surface area contributed by atoms with Gasteiger partial charge >= 0.3 is 0 Å². The van der Waals surface area contributed by atoms with Gasteiger partial charge in [0.15, 0.2) is 0 Å². The van der Waals surface area contributed by atoms with Crippen LogP contribution in [0.1, 0.15) is 56.7 Å². The number of carbonyl (C=O) groups is 1. The number of aliphatic hydroxyl groups excluding tert-OH is 1. The van der Waals surface area contributed by atoms with Gasteiger partial charge in [0, 0.05) is 19.3 Å². The molecule has 0 bridgehead atoms. The van der Waals surface area contributed by atoms with E-state index in [1.54, 1.807) is 10.7 Å². The fourth-order valence-corrected chi connectivity index (χ4v) is 1.72. The molecule has 5 heteroatoms. The van der Waals surface area contributed by atoms with Crippen LogP contribution in [0.15, 0.2) is 6.07 Å². The zero-order valence-corrected chi connectivity index (χ0v) is 12.7. The maximum Gasteiger partial charge on any atom is 0.271 e. The number of aryl methyl sites for hydroxylation is 1. The second-order valence-electron chi connectivity index (χ2n) is 6.32. The molecule has 1 rings (SSSR count). The molecule has 0 spiro atoms. The Morgan fingerprint density at radius 1 is 1.47 bits per heavy atom. The Labute approximate surface area is 115 Å². The van der Waals surface area contributed by atoms with Crippen LogP contribution >= 0.6 is 0 Å². The zero-order valence-electron chi connectivity index (χ0n) is 12.7. The monoisotopic (exact) mass is 267 g/mol. The number of nitrogens with one attached hydrogen (secondary N) is 1. The normalized spacial score (nSPS) is 13.7. The topological polar surface area (TPSA) is 67.2 Å². The van der Waals surface area contributed by atoms with Gasteiger partial charge in [-0.2, -0.15) is 5.10 Å². The molecule has 0 aliphatic heterocycles. The van der Waals surface area contributed by atoms with E-state index in [0.717, 1.165) is 5.69 Å². The van der Waals surface area contributed by atoms with Crippen LogP contribution in [0, 0.1) is 5.41 Å². The highest BCUT2D eigenvalue weighted by molar-refractivity contribution is 5.92. The van der Waals surface area contributed by atoms with Gasteiger partial charge in [0.1, 0.15) is 5.69 Å². The van der Waals surface area contributed by atoms with Crippen LogP contribution in [0.4, 0.5) is 0 Å². The Kier molecular flexibility index (Phi) is 4.74. The summed E-state index contributed by atoms with van der Waals surface area (Å²) in [6, 6.07) is 1.80. The molecule has 1 aromatic rings. The van der Waals surface area contributed by atoms with Crippen LogP contribution in [0.5, 0.6) is 0 Å². The lowest BCUT2D eigenvalue weighted by Crippen LogP contribution is -2.39. The lowest BCUT2D eigenvalue weighted by molar-refractivity contribution is 0.0585. The quantitative estimate of drug-likeness (QED) is 0.872. The van der Waals surface area contributed by atoms with Crippen LogP contribution in [-0.2, 0) is 7.05 Å². The molecule has 1 atom stereocenters. The smallest absolute Gasteiger partial charge is 0.271 e. The van der Waals surface area contributed by atoms with Crippen molar-refractivity contribution in [1.29, 1.82) is 0 Å². The predicted octanol–water partition coefficient (Wildman–Crippen LogP) is 1.68. The van der Waals surface area contributed by atoms with E-state index in [9.17, 15) is 9.90 Å². The summed E-state index contributed by atoms with van der Waals surface area (Å²) >= 11 is 0. The van der Waals surface area contributed by atoms with Crippen LogP contribution < -0.4 is 5.32 Å². The van der Waals surface area contributed by atoms with E-state index in [1.807, 2.05) is 27.8 Å². The van der Waals surface area contributed by atoms with Gasteiger partial charge in [-0.25, -0.2) is 0 Å². The van der Waals surface area contributed by atoms with Crippen LogP contribution in [0.25, 0.3) is 0 Å². The van der Waals surface area contributed by atoms with Crippen LogP contribution in [0.2, 0.25) is 0 Å². The Bertz CT molecular complexity index is 444. The van der Waals surface area contributed by atoms with Gasteiger partial charge < -0.3 is 10.4 Å². The Balaban J connectivity index is 2.67. The third kappa shape index (κ3) is 4.06. The molecule has 1 amide bonds. The molecule has 1 aromatic heterocycles. The minimum Gasteiger partial charge on any atom is -0.391 e. The summed E-state index contributed by atoms with van der Waals surface area (Å²) in [6.07, 6.45) is -0.579. The van der Waals surface area contributed by atoms with Crippen molar-refractivity contribution in [3.8, 4) is 0 Å². The van der Waals surface area contributed by atoms with E-state index in [1.165, 1.54) is 0 Å². The molecule has 0 saturated heterocycles. The van der Waals surface area contributed by atoms with Gasteiger partial charge in [0.25, 0.3) is 5.91 Å². The number of nitrogens with zero attached hydrogens (tertiary/aromatic N) is 2. The van der Waals surface area contributed by atoms with E-state index in [0.29, 0.717) is 11.6 Å². The van der Waals surface area contributed by atoms with Crippen molar-refractivity contribution >= 4 is 5.91 Å². The molecule has 0 saturated carbocycles. The molecule has 0 radical (unpaired) electrons. The predicted molar refractivity (Wildman–Crippen MR) is 75.1 cm³/mol.